The number of hydrogen-bond donors (Lipinski definition) is 0. The van der Waals surface area contributed by atoms with Crippen molar-refractivity contribution < 1.29 is 35.5 Å². The standard InChI is InChI=1S/C24H17F7O/c1-2-3-4-5-15-8-11-18(22(28)21(15)27)14-6-9-16(10-7-14)24(30,31)32-17-12-19(25)23(29)20(26)13-17/h2-3,6-13H,4-5H2,1H3/b3-2+. The molecular formula is C24H17F7O. The van der Waals surface area contributed by atoms with Gasteiger partial charge in [0.1, 0.15) is 5.75 Å². The van der Waals surface area contributed by atoms with Crippen molar-refractivity contribution in [3.8, 4) is 16.9 Å². The van der Waals surface area contributed by atoms with Gasteiger partial charge in [0.15, 0.2) is 29.1 Å². The summed E-state index contributed by atoms with van der Waals surface area (Å²) in [5.41, 5.74) is -0.495. The molecule has 3 aromatic rings. The van der Waals surface area contributed by atoms with E-state index in [0.29, 0.717) is 12.8 Å². The number of aryl methyl sites for hydroxylation is 1. The third-order valence-corrected chi connectivity index (χ3v) is 4.71. The largest absolute Gasteiger partial charge is 0.429 e. The minimum Gasteiger partial charge on any atom is -0.429 e. The van der Waals surface area contributed by atoms with Crippen molar-refractivity contribution >= 4 is 0 Å². The second-order valence-corrected chi connectivity index (χ2v) is 6.91. The molecule has 0 amide bonds. The van der Waals surface area contributed by atoms with Crippen LogP contribution in [0.3, 0.4) is 0 Å². The van der Waals surface area contributed by atoms with Gasteiger partial charge in [-0.15, -0.1) is 0 Å². The molecule has 8 heteroatoms. The van der Waals surface area contributed by atoms with Crippen molar-refractivity contribution in [3.05, 3.63) is 101 Å². The van der Waals surface area contributed by atoms with Crippen LogP contribution in [0, 0.1) is 29.1 Å². The summed E-state index contributed by atoms with van der Waals surface area (Å²) in [6.45, 7) is 1.81. The molecule has 3 aromatic carbocycles. The number of halogens is 7. The lowest BCUT2D eigenvalue weighted by Crippen LogP contribution is -2.22. The van der Waals surface area contributed by atoms with Crippen molar-refractivity contribution in [1.82, 2.24) is 0 Å². The van der Waals surface area contributed by atoms with Crippen molar-refractivity contribution in [2.45, 2.75) is 25.9 Å². The molecule has 0 bridgehead atoms. The first-order valence-electron chi connectivity index (χ1n) is 9.54. The SMILES string of the molecule is C/C=C/CCc1ccc(-c2ccc(C(F)(F)Oc3cc(F)c(F)c(F)c3)cc2)c(F)c1F. The highest BCUT2D eigenvalue weighted by atomic mass is 19.3. The maximum Gasteiger partial charge on any atom is 0.426 e. The van der Waals surface area contributed by atoms with Crippen LogP contribution >= 0.6 is 0 Å². The Bertz CT molecular complexity index is 1110. The Kier molecular flexibility index (Phi) is 6.91. The number of allylic oxidation sites excluding steroid dienone is 2. The van der Waals surface area contributed by atoms with Gasteiger partial charge in [0.25, 0.3) is 0 Å². The molecule has 0 saturated heterocycles. The van der Waals surface area contributed by atoms with Crippen LogP contribution in [-0.4, -0.2) is 0 Å². The molecule has 0 aliphatic heterocycles. The average Bonchev–Trinajstić information content (AvgIpc) is 2.75. The maximum absolute atomic E-state index is 14.5. The van der Waals surface area contributed by atoms with Crippen LogP contribution in [-0.2, 0) is 12.5 Å². The fourth-order valence-corrected chi connectivity index (χ4v) is 3.05. The molecule has 168 valence electrons. The van der Waals surface area contributed by atoms with Crippen LogP contribution < -0.4 is 4.74 Å². The molecule has 0 fully saturated rings. The van der Waals surface area contributed by atoms with Crippen molar-refractivity contribution in [1.29, 1.82) is 0 Å². The van der Waals surface area contributed by atoms with E-state index in [9.17, 15) is 30.7 Å². The lowest BCUT2D eigenvalue weighted by Gasteiger charge is -2.19. The molecule has 0 aromatic heterocycles. The van der Waals surface area contributed by atoms with E-state index in [1.54, 1.807) is 6.08 Å². The molecule has 0 spiro atoms. The van der Waals surface area contributed by atoms with Crippen LogP contribution in [0.25, 0.3) is 11.1 Å². The van der Waals surface area contributed by atoms with E-state index in [-0.39, 0.29) is 28.8 Å². The minimum absolute atomic E-state index is 0.115. The molecule has 0 saturated carbocycles. The lowest BCUT2D eigenvalue weighted by atomic mass is 9.99. The Labute approximate surface area is 179 Å². The summed E-state index contributed by atoms with van der Waals surface area (Å²) in [4.78, 5) is 0. The third-order valence-electron chi connectivity index (χ3n) is 4.71. The van der Waals surface area contributed by atoms with Gasteiger partial charge in [-0.05, 0) is 43.0 Å². The van der Waals surface area contributed by atoms with Gasteiger partial charge in [-0.25, -0.2) is 22.0 Å². The van der Waals surface area contributed by atoms with Crippen LogP contribution in [0.4, 0.5) is 30.7 Å². The fourth-order valence-electron chi connectivity index (χ4n) is 3.05. The summed E-state index contributed by atoms with van der Waals surface area (Å²) in [6, 6.07) is 7.45. The molecule has 0 unspecified atom stereocenters. The predicted molar refractivity (Wildman–Crippen MR) is 106 cm³/mol. The highest BCUT2D eigenvalue weighted by Gasteiger charge is 2.35. The first-order chi connectivity index (χ1) is 15.1. The minimum atomic E-state index is -4.03. The first kappa shape index (κ1) is 23.4. The van der Waals surface area contributed by atoms with E-state index >= 15 is 0 Å². The molecule has 0 heterocycles. The molecule has 0 atom stereocenters. The molecule has 3 rings (SSSR count). The summed E-state index contributed by atoms with van der Waals surface area (Å²) in [6.07, 6.45) is 0.432. The fraction of sp³-hybridized carbons (Fsp3) is 0.167. The van der Waals surface area contributed by atoms with Crippen molar-refractivity contribution in [3.63, 3.8) is 0 Å². The Balaban J connectivity index is 1.83. The zero-order chi connectivity index (χ0) is 23.5. The van der Waals surface area contributed by atoms with E-state index in [4.69, 9.17) is 0 Å². The van der Waals surface area contributed by atoms with Crippen LogP contribution in [0.2, 0.25) is 0 Å². The second-order valence-electron chi connectivity index (χ2n) is 6.91. The quantitative estimate of drug-likeness (QED) is 0.202. The number of hydrogen-bond acceptors (Lipinski definition) is 1. The molecule has 0 aliphatic rings. The third kappa shape index (κ3) is 4.95. The highest BCUT2D eigenvalue weighted by Crippen LogP contribution is 2.35. The van der Waals surface area contributed by atoms with E-state index in [1.807, 2.05) is 13.0 Å². The zero-order valence-corrected chi connectivity index (χ0v) is 16.7. The summed E-state index contributed by atoms with van der Waals surface area (Å²) in [7, 11) is 0. The van der Waals surface area contributed by atoms with Gasteiger partial charge in [0.2, 0.25) is 0 Å². The predicted octanol–water partition coefficient (Wildman–Crippen LogP) is 7.69. The van der Waals surface area contributed by atoms with Gasteiger partial charge in [0, 0.05) is 17.7 Å². The first-order valence-corrected chi connectivity index (χ1v) is 9.54. The summed E-state index contributed by atoms with van der Waals surface area (Å²) >= 11 is 0. The Morgan fingerprint density at radius 3 is 2.03 bits per heavy atom. The Morgan fingerprint density at radius 2 is 1.44 bits per heavy atom. The van der Waals surface area contributed by atoms with Crippen molar-refractivity contribution in [2.75, 3.05) is 0 Å². The summed E-state index contributed by atoms with van der Waals surface area (Å²) in [5, 5.41) is 0. The average molecular weight is 454 g/mol. The topological polar surface area (TPSA) is 9.23 Å². The van der Waals surface area contributed by atoms with E-state index in [1.165, 1.54) is 12.1 Å². The highest BCUT2D eigenvalue weighted by molar-refractivity contribution is 5.65. The molecule has 1 nitrogen and oxygen atoms in total. The Morgan fingerprint density at radius 1 is 0.812 bits per heavy atom. The van der Waals surface area contributed by atoms with Crippen LogP contribution in [0.1, 0.15) is 24.5 Å². The van der Waals surface area contributed by atoms with Gasteiger partial charge in [-0.3, -0.25) is 0 Å². The van der Waals surface area contributed by atoms with E-state index < -0.39 is 46.5 Å². The number of rotatable bonds is 7. The smallest absolute Gasteiger partial charge is 0.426 e. The monoisotopic (exact) mass is 454 g/mol. The lowest BCUT2D eigenvalue weighted by molar-refractivity contribution is -0.185. The van der Waals surface area contributed by atoms with Gasteiger partial charge in [-0.1, -0.05) is 36.4 Å². The molecule has 0 N–H and O–H groups in total. The van der Waals surface area contributed by atoms with Gasteiger partial charge < -0.3 is 4.74 Å². The van der Waals surface area contributed by atoms with Gasteiger partial charge in [-0.2, -0.15) is 8.78 Å². The van der Waals surface area contributed by atoms with E-state index in [0.717, 1.165) is 24.3 Å². The molecule has 0 radical (unpaired) electrons. The second kappa shape index (κ2) is 9.46. The van der Waals surface area contributed by atoms with Gasteiger partial charge >= 0.3 is 6.11 Å². The molecular weight excluding hydrogens is 437 g/mol. The number of ether oxygens (including phenoxy) is 1. The van der Waals surface area contributed by atoms with Crippen LogP contribution in [0.15, 0.2) is 60.7 Å². The summed E-state index contributed by atoms with van der Waals surface area (Å²) < 4.78 is 101. The number of alkyl halides is 2. The normalized spacial score (nSPS) is 11.9. The molecule has 0 aliphatic carbocycles. The van der Waals surface area contributed by atoms with E-state index in [2.05, 4.69) is 4.74 Å². The van der Waals surface area contributed by atoms with Crippen LogP contribution in [0.5, 0.6) is 5.75 Å². The maximum atomic E-state index is 14.5. The Hall–Kier alpha value is -3.29. The summed E-state index contributed by atoms with van der Waals surface area (Å²) in [5.74, 6) is -8.21. The zero-order valence-electron chi connectivity index (χ0n) is 16.7. The molecule has 32 heavy (non-hydrogen) atoms. The number of benzene rings is 3. The van der Waals surface area contributed by atoms with Gasteiger partial charge in [0.05, 0.1) is 5.56 Å². The van der Waals surface area contributed by atoms with Crippen molar-refractivity contribution in [2.24, 2.45) is 0 Å².